The largest absolute Gasteiger partial charge is 0.324 e. The molecule has 1 aromatic carbocycles. The minimum Gasteiger partial charge on any atom is -0.324 e. The van der Waals surface area contributed by atoms with Gasteiger partial charge in [0.2, 0.25) is 5.91 Å². The van der Waals surface area contributed by atoms with E-state index < -0.39 is 0 Å². The van der Waals surface area contributed by atoms with Crippen molar-refractivity contribution in [3.8, 4) is 0 Å². The smallest absolute Gasteiger partial charge is 0.235 e. The fourth-order valence-electron chi connectivity index (χ4n) is 0.774. The summed E-state index contributed by atoms with van der Waals surface area (Å²) in [5.74, 6) is -0.0692. The Morgan fingerprint density at radius 3 is 2.85 bits per heavy atom. The third-order valence-corrected chi connectivity index (χ3v) is 2.96. The molecule has 0 fully saturated rings. The first-order valence-corrected chi connectivity index (χ1v) is 6.02. The Hall–Kier alpha value is 0.190. The van der Waals surface area contributed by atoms with E-state index in [1.807, 2.05) is 0 Å². The second-order valence-corrected chi connectivity index (χ2v) is 4.47. The van der Waals surface area contributed by atoms with E-state index in [1.165, 1.54) is 0 Å². The highest BCUT2D eigenvalue weighted by Gasteiger charge is 2.03. The van der Waals surface area contributed by atoms with Crippen LogP contribution in [0.15, 0.2) is 18.2 Å². The number of nitrogens with one attached hydrogen (secondary N) is 1. The Kier molecular flexibility index (Phi) is 4.48. The van der Waals surface area contributed by atoms with Gasteiger partial charge in [-0.05, 0) is 40.8 Å². The molecule has 0 radical (unpaired) electrons. The summed E-state index contributed by atoms with van der Waals surface area (Å²) in [6.45, 7) is 0. The van der Waals surface area contributed by atoms with E-state index in [-0.39, 0.29) is 5.91 Å². The molecule has 1 amide bonds. The van der Waals surface area contributed by atoms with Gasteiger partial charge in [-0.3, -0.25) is 4.79 Å². The van der Waals surface area contributed by atoms with Crippen LogP contribution in [0, 0.1) is 3.57 Å². The molecule has 0 saturated heterocycles. The maximum absolute atomic E-state index is 11.0. The van der Waals surface area contributed by atoms with Gasteiger partial charge in [-0.15, -0.1) is 0 Å². The van der Waals surface area contributed by atoms with Gasteiger partial charge in [0.1, 0.15) is 0 Å². The van der Waals surface area contributed by atoms with E-state index in [0.717, 1.165) is 9.26 Å². The Bertz CT molecular complexity index is 332. The molecule has 0 aliphatic carbocycles. The van der Waals surface area contributed by atoms with Crippen molar-refractivity contribution < 1.29 is 4.79 Å². The van der Waals surface area contributed by atoms with Gasteiger partial charge in [0, 0.05) is 8.59 Å². The molecule has 13 heavy (non-hydrogen) atoms. The van der Waals surface area contributed by atoms with Crippen molar-refractivity contribution >= 4 is 61.7 Å². The summed E-state index contributed by atoms with van der Waals surface area (Å²) in [5, 5.41) is 3.70. The van der Waals surface area contributed by atoms with Crippen molar-refractivity contribution in [3.05, 3.63) is 26.8 Å². The lowest BCUT2D eigenvalue weighted by molar-refractivity contribution is -0.113. The fraction of sp³-hybridized carbons (Fsp3) is 0.125. The Morgan fingerprint density at radius 1 is 1.62 bits per heavy atom. The van der Waals surface area contributed by atoms with Crippen molar-refractivity contribution in [2.24, 2.45) is 0 Å². The lowest BCUT2D eigenvalue weighted by atomic mass is 10.3. The van der Waals surface area contributed by atoms with Gasteiger partial charge in [0.15, 0.2) is 0 Å². The van der Waals surface area contributed by atoms with Gasteiger partial charge in [0.25, 0.3) is 0 Å². The number of amides is 1. The highest BCUT2D eigenvalue weighted by molar-refractivity contribution is 14.1. The van der Waals surface area contributed by atoms with Gasteiger partial charge in [-0.25, -0.2) is 0 Å². The molecule has 0 atom stereocenters. The Morgan fingerprint density at radius 2 is 2.31 bits per heavy atom. The molecular formula is C8H6BrClINO. The van der Waals surface area contributed by atoms with Crippen LogP contribution < -0.4 is 5.32 Å². The molecule has 0 heterocycles. The second-order valence-electron chi connectivity index (χ2n) is 2.31. The quantitative estimate of drug-likeness (QED) is 0.625. The lowest BCUT2D eigenvalue weighted by Gasteiger charge is -2.05. The number of hydrogen-bond acceptors (Lipinski definition) is 1. The monoisotopic (exact) mass is 373 g/mol. The number of halogens is 3. The maximum Gasteiger partial charge on any atom is 0.235 e. The normalized spacial score (nSPS) is 9.77. The first kappa shape index (κ1) is 11.3. The van der Waals surface area contributed by atoms with Crippen molar-refractivity contribution in [2.45, 2.75) is 0 Å². The highest BCUT2D eigenvalue weighted by atomic mass is 127. The SMILES string of the molecule is O=C(CBr)Nc1ccc(Cl)cc1I. The minimum absolute atomic E-state index is 0.0692. The van der Waals surface area contributed by atoms with E-state index in [0.29, 0.717) is 10.4 Å². The molecule has 1 rings (SSSR count). The van der Waals surface area contributed by atoms with Crippen molar-refractivity contribution in [2.75, 3.05) is 10.6 Å². The topological polar surface area (TPSA) is 29.1 Å². The first-order valence-electron chi connectivity index (χ1n) is 3.44. The van der Waals surface area contributed by atoms with Crippen LogP contribution in [0.5, 0.6) is 0 Å². The Balaban J connectivity index is 2.83. The summed E-state index contributed by atoms with van der Waals surface area (Å²) in [5.41, 5.74) is 0.787. The van der Waals surface area contributed by atoms with Crippen LogP contribution in [-0.2, 0) is 4.79 Å². The molecule has 1 N–H and O–H groups in total. The lowest BCUT2D eigenvalue weighted by Crippen LogP contribution is -2.13. The number of benzene rings is 1. The third kappa shape index (κ3) is 3.44. The minimum atomic E-state index is -0.0692. The molecule has 0 aliphatic rings. The molecule has 0 saturated carbocycles. The van der Waals surface area contributed by atoms with Crippen LogP contribution in [0.4, 0.5) is 5.69 Å². The summed E-state index contributed by atoms with van der Waals surface area (Å²) in [6, 6.07) is 5.32. The van der Waals surface area contributed by atoms with Crippen molar-refractivity contribution in [1.82, 2.24) is 0 Å². The standard InChI is InChI=1S/C8H6BrClINO/c9-4-8(13)12-7-2-1-5(10)3-6(7)11/h1-3H,4H2,(H,12,13). The van der Waals surface area contributed by atoms with Crippen molar-refractivity contribution in [1.29, 1.82) is 0 Å². The number of alkyl halides is 1. The van der Waals surface area contributed by atoms with Crippen LogP contribution in [0.3, 0.4) is 0 Å². The van der Waals surface area contributed by atoms with Crippen LogP contribution in [0.1, 0.15) is 0 Å². The van der Waals surface area contributed by atoms with Gasteiger partial charge in [-0.2, -0.15) is 0 Å². The highest BCUT2D eigenvalue weighted by Crippen LogP contribution is 2.22. The molecule has 0 aliphatic heterocycles. The van der Waals surface area contributed by atoms with Crippen LogP contribution in [0.2, 0.25) is 5.02 Å². The predicted octanol–water partition coefficient (Wildman–Crippen LogP) is 3.28. The zero-order valence-electron chi connectivity index (χ0n) is 6.48. The summed E-state index contributed by atoms with van der Waals surface area (Å²) >= 11 is 11.0. The number of hydrogen-bond donors (Lipinski definition) is 1. The van der Waals surface area contributed by atoms with Crippen molar-refractivity contribution in [3.63, 3.8) is 0 Å². The van der Waals surface area contributed by atoms with E-state index >= 15 is 0 Å². The van der Waals surface area contributed by atoms with E-state index in [1.54, 1.807) is 18.2 Å². The van der Waals surface area contributed by atoms with E-state index in [9.17, 15) is 4.79 Å². The Labute approximate surface area is 103 Å². The molecule has 0 spiro atoms. The second kappa shape index (κ2) is 5.17. The number of anilines is 1. The van der Waals surface area contributed by atoms with Gasteiger partial charge >= 0.3 is 0 Å². The first-order chi connectivity index (χ1) is 6.13. The molecule has 5 heteroatoms. The summed E-state index contributed by atoms with van der Waals surface area (Å²) in [4.78, 5) is 11.0. The zero-order valence-corrected chi connectivity index (χ0v) is 11.0. The molecule has 1 aromatic rings. The molecule has 70 valence electrons. The third-order valence-electron chi connectivity index (χ3n) is 1.33. The number of rotatable bonds is 2. The molecule has 0 aromatic heterocycles. The fourth-order valence-corrected chi connectivity index (χ4v) is 1.92. The zero-order chi connectivity index (χ0) is 9.84. The summed E-state index contributed by atoms with van der Waals surface area (Å²) < 4.78 is 0.930. The van der Waals surface area contributed by atoms with E-state index in [4.69, 9.17) is 11.6 Å². The van der Waals surface area contributed by atoms with Crippen LogP contribution in [0.25, 0.3) is 0 Å². The molecular weight excluding hydrogens is 368 g/mol. The van der Waals surface area contributed by atoms with Gasteiger partial charge in [0.05, 0.1) is 11.0 Å². The van der Waals surface area contributed by atoms with Gasteiger partial charge < -0.3 is 5.32 Å². The van der Waals surface area contributed by atoms with E-state index in [2.05, 4.69) is 43.8 Å². The van der Waals surface area contributed by atoms with Crippen LogP contribution >= 0.6 is 50.1 Å². The van der Waals surface area contributed by atoms with Crippen LogP contribution in [-0.4, -0.2) is 11.2 Å². The molecule has 2 nitrogen and oxygen atoms in total. The summed E-state index contributed by atoms with van der Waals surface area (Å²) in [7, 11) is 0. The molecule has 0 bridgehead atoms. The molecule has 0 unspecified atom stereocenters. The predicted molar refractivity (Wildman–Crippen MR) is 66.6 cm³/mol. The number of carbonyl (C=O) groups excluding carboxylic acids is 1. The maximum atomic E-state index is 11.0. The average Bonchev–Trinajstić information content (AvgIpc) is 2.09. The number of carbonyl (C=O) groups is 1. The van der Waals surface area contributed by atoms with Gasteiger partial charge in [-0.1, -0.05) is 27.5 Å². The summed E-state index contributed by atoms with van der Waals surface area (Å²) in [6.07, 6.45) is 0. The average molecular weight is 374 g/mol.